The number of nitrogens with zero attached hydrogens (tertiary/aromatic N) is 3. The molecule has 0 saturated carbocycles. The molecular weight excluding hydrogens is 348 g/mol. The van der Waals surface area contributed by atoms with Crippen LogP contribution in [0.3, 0.4) is 0 Å². The lowest BCUT2D eigenvalue weighted by Crippen LogP contribution is -2.44. The van der Waals surface area contributed by atoms with Crippen LogP contribution in [0.4, 0.5) is 17.1 Å². The highest BCUT2D eigenvalue weighted by atomic mass is 16.2. The molecule has 5 nitrogen and oxygen atoms in total. The van der Waals surface area contributed by atoms with Gasteiger partial charge in [-0.15, -0.1) is 0 Å². The fraction of sp³-hybridized carbons (Fsp3) is 0.435. The van der Waals surface area contributed by atoms with Crippen molar-refractivity contribution in [1.29, 1.82) is 0 Å². The van der Waals surface area contributed by atoms with Gasteiger partial charge in [0.2, 0.25) is 5.91 Å². The largest absolute Gasteiger partial charge is 0.385 e. The van der Waals surface area contributed by atoms with Crippen LogP contribution in [0.2, 0.25) is 0 Å². The Morgan fingerprint density at radius 2 is 1.71 bits per heavy atom. The number of fused-ring (bicyclic) bond motifs is 1. The van der Waals surface area contributed by atoms with Crippen LogP contribution in [0.5, 0.6) is 0 Å². The first-order valence-corrected chi connectivity index (χ1v) is 10.4. The fourth-order valence-electron chi connectivity index (χ4n) is 4.10. The van der Waals surface area contributed by atoms with Crippen LogP contribution in [0.1, 0.15) is 18.4 Å². The number of benzene rings is 2. The van der Waals surface area contributed by atoms with Crippen molar-refractivity contribution in [3.05, 3.63) is 54.1 Å². The van der Waals surface area contributed by atoms with Crippen molar-refractivity contribution >= 4 is 23.0 Å². The summed E-state index contributed by atoms with van der Waals surface area (Å²) in [5.41, 5.74) is 4.73. The summed E-state index contributed by atoms with van der Waals surface area (Å²) in [6, 6.07) is 16.9. The Morgan fingerprint density at radius 1 is 0.964 bits per heavy atom. The first-order valence-electron chi connectivity index (χ1n) is 10.4. The Labute approximate surface area is 167 Å². The van der Waals surface area contributed by atoms with E-state index in [4.69, 9.17) is 0 Å². The summed E-state index contributed by atoms with van der Waals surface area (Å²) in [6.45, 7) is 5.87. The maximum Gasteiger partial charge on any atom is 0.228 e. The number of para-hydroxylation sites is 1. The first-order chi connectivity index (χ1) is 13.7. The van der Waals surface area contributed by atoms with Gasteiger partial charge in [-0.2, -0.15) is 0 Å². The number of piperazine rings is 1. The van der Waals surface area contributed by atoms with E-state index in [0.717, 1.165) is 56.9 Å². The van der Waals surface area contributed by atoms with E-state index in [-0.39, 0.29) is 5.91 Å². The van der Waals surface area contributed by atoms with E-state index in [1.165, 1.54) is 11.3 Å². The molecule has 5 heteroatoms. The molecular formula is C23H30N4O. The number of hydrogen-bond donors (Lipinski definition) is 1. The summed E-state index contributed by atoms with van der Waals surface area (Å²) in [4.78, 5) is 19.5. The zero-order valence-electron chi connectivity index (χ0n) is 16.7. The lowest BCUT2D eigenvalue weighted by atomic mass is 10.0. The highest BCUT2D eigenvalue weighted by Crippen LogP contribution is 2.27. The molecule has 0 spiro atoms. The Kier molecular flexibility index (Phi) is 5.81. The lowest BCUT2D eigenvalue weighted by Gasteiger charge is -2.34. The van der Waals surface area contributed by atoms with Gasteiger partial charge in [-0.3, -0.25) is 4.79 Å². The Morgan fingerprint density at radius 3 is 2.50 bits per heavy atom. The molecule has 1 amide bonds. The molecule has 0 atom stereocenters. The van der Waals surface area contributed by atoms with Crippen LogP contribution in [0.15, 0.2) is 48.5 Å². The second-order valence-corrected chi connectivity index (χ2v) is 7.79. The third kappa shape index (κ3) is 4.30. The molecule has 2 aliphatic heterocycles. The predicted molar refractivity (Wildman–Crippen MR) is 116 cm³/mol. The Bertz CT molecular complexity index is 797. The van der Waals surface area contributed by atoms with Crippen molar-refractivity contribution in [2.75, 3.05) is 61.4 Å². The lowest BCUT2D eigenvalue weighted by molar-refractivity contribution is -0.118. The summed E-state index contributed by atoms with van der Waals surface area (Å²) in [6.07, 6.45) is 2.62. The van der Waals surface area contributed by atoms with E-state index in [1.807, 2.05) is 11.0 Å². The minimum Gasteiger partial charge on any atom is -0.385 e. The van der Waals surface area contributed by atoms with Crippen molar-refractivity contribution in [1.82, 2.24) is 4.90 Å². The number of anilines is 3. The molecule has 0 aromatic heterocycles. The minimum absolute atomic E-state index is 0.203. The number of carbonyl (C=O) groups excluding carboxylic acids is 1. The number of amides is 1. The smallest absolute Gasteiger partial charge is 0.228 e. The van der Waals surface area contributed by atoms with Gasteiger partial charge in [0.25, 0.3) is 0 Å². The van der Waals surface area contributed by atoms with E-state index < -0.39 is 0 Å². The summed E-state index contributed by atoms with van der Waals surface area (Å²) in [5.74, 6) is 0.203. The van der Waals surface area contributed by atoms with Gasteiger partial charge in [0.1, 0.15) is 0 Å². The van der Waals surface area contributed by atoms with Crippen LogP contribution in [-0.2, 0) is 11.2 Å². The number of nitrogens with one attached hydrogen (secondary N) is 1. The molecule has 1 fully saturated rings. The first kappa shape index (κ1) is 18.8. The average Bonchev–Trinajstić information content (AvgIpc) is 2.74. The second-order valence-electron chi connectivity index (χ2n) is 7.79. The standard InChI is InChI=1S/C23H30N4O/c1-25-15-17-26(18-16-25)21-10-8-20(9-11-21)24-13-12-23(28)27-14-4-6-19-5-2-3-7-22(19)27/h2-3,5,7-11,24H,4,6,12-18H2,1H3. The number of carbonyl (C=O) groups is 1. The van der Waals surface area contributed by atoms with Crippen LogP contribution < -0.4 is 15.1 Å². The summed E-state index contributed by atoms with van der Waals surface area (Å²) in [5, 5.41) is 3.40. The zero-order chi connectivity index (χ0) is 19.3. The number of rotatable bonds is 5. The summed E-state index contributed by atoms with van der Waals surface area (Å²) in [7, 11) is 2.17. The molecule has 1 saturated heterocycles. The highest BCUT2D eigenvalue weighted by molar-refractivity contribution is 5.94. The molecule has 2 aromatic rings. The molecule has 4 rings (SSSR count). The predicted octanol–water partition coefficient (Wildman–Crippen LogP) is 3.22. The molecule has 0 radical (unpaired) electrons. The van der Waals surface area contributed by atoms with Crippen molar-refractivity contribution in [2.24, 2.45) is 0 Å². The summed E-state index contributed by atoms with van der Waals surface area (Å²) >= 11 is 0. The van der Waals surface area contributed by atoms with Gasteiger partial charge in [0, 0.05) is 62.8 Å². The molecule has 2 heterocycles. The van der Waals surface area contributed by atoms with Crippen molar-refractivity contribution in [3.8, 4) is 0 Å². The third-order valence-corrected chi connectivity index (χ3v) is 5.82. The molecule has 2 aliphatic rings. The van der Waals surface area contributed by atoms with Crippen molar-refractivity contribution in [3.63, 3.8) is 0 Å². The van der Waals surface area contributed by atoms with Crippen molar-refractivity contribution in [2.45, 2.75) is 19.3 Å². The van der Waals surface area contributed by atoms with E-state index >= 15 is 0 Å². The maximum atomic E-state index is 12.7. The SMILES string of the molecule is CN1CCN(c2ccc(NCCC(=O)N3CCCc4ccccc43)cc2)CC1. The van der Waals surface area contributed by atoms with Crippen LogP contribution in [-0.4, -0.2) is 57.1 Å². The van der Waals surface area contributed by atoms with Gasteiger partial charge in [0.05, 0.1) is 0 Å². The van der Waals surface area contributed by atoms with Gasteiger partial charge in [-0.05, 0) is 55.8 Å². The maximum absolute atomic E-state index is 12.7. The van der Waals surface area contributed by atoms with E-state index in [0.29, 0.717) is 13.0 Å². The molecule has 0 unspecified atom stereocenters. The molecule has 2 aromatic carbocycles. The monoisotopic (exact) mass is 378 g/mol. The third-order valence-electron chi connectivity index (χ3n) is 5.82. The number of hydrogen-bond acceptors (Lipinski definition) is 4. The highest BCUT2D eigenvalue weighted by Gasteiger charge is 2.21. The molecule has 0 aliphatic carbocycles. The fourth-order valence-corrected chi connectivity index (χ4v) is 4.10. The van der Waals surface area contributed by atoms with Crippen LogP contribution in [0, 0.1) is 0 Å². The Balaban J connectivity index is 1.28. The average molecular weight is 379 g/mol. The van der Waals surface area contributed by atoms with Gasteiger partial charge < -0.3 is 20.0 Å². The second kappa shape index (κ2) is 8.65. The number of likely N-dealkylation sites (N-methyl/N-ethyl adjacent to an activating group) is 1. The van der Waals surface area contributed by atoms with Crippen molar-refractivity contribution < 1.29 is 4.79 Å². The zero-order valence-corrected chi connectivity index (χ0v) is 16.7. The minimum atomic E-state index is 0.203. The quantitative estimate of drug-likeness (QED) is 0.867. The molecule has 28 heavy (non-hydrogen) atoms. The molecule has 0 bridgehead atoms. The van der Waals surface area contributed by atoms with Gasteiger partial charge in [0.15, 0.2) is 0 Å². The van der Waals surface area contributed by atoms with E-state index in [1.54, 1.807) is 0 Å². The van der Waals surface area contributed by atoms with Gasteiger partial charge in [-0.25, -0.2) is 0 Å². The molecule has 1 N–H and O–H groups in total. The molecule has 148 valence electrons. The van der Waals surface area contributed by atoms with E-state index in [2.05, 4.69) is 64.6 Å². The summed E-state index contributed by atoms with van der Waals surface area (Å²) < 4.78 is 0. The van der Waals surface area contributed by atoms with Gasteiger partial charge >= 0.3 is 0 Å². The van der Waals surface area contributed by atoms with Gasteiger partial charge in [-0.1, -0.05) is 18.2 Å². The topological polar surface area (TPSA) is 38.8 Å². The normalized spacial score (nSPS) is 17.3. The van der Waals surface area contributed by atoms with Crippen LogP contribution in [0.25, 0.3) is 0 Å². The van der Waals surface area contributed by atoms with E-state index in [9.17, 15) is 4.79 Å². The van der Waals surface area contributed by atoms with Crippen LogP contribution >= 0.6 is 0 Å². The number of aryl methyl sites for hydroxylation is 1. The Hall–Kier alpha value is -2.53.